The third-order valence-corrected chi connectivity index (χ3v) is 4.24. The molecule has 0 unspecified atom stereocenters. The van der Waals surface area contributed by atoms with E-state index in [4.69, 9.17) is 16.0 Å². The molecule has 3 rings (SSSR count). The summed E-state index contributed by atoms with van der Waals surface area (Å²) in [7, 11) is 0. The quantitative estimate of drug-likeness (QED) is 0.709. The van der Waals surface area contributed by atoms with Crippen molar-refractivity contribution in [2.24, 2.45) is 0 Å². The molecule has 0 atom stereocenters. The first-order chi connectivity index (χ1) is 11.0. The molecule has 0 amide bonds. The van der Waals surface area contributed by atoms with Crippen molar-refractivity contribution in [3.63, 3.8) is 0 Å². The number of thiazole rings is 1. The maximum Gasteiger partial charge on any atom is 0.266 e. The number of halogens is 1. The lowest BCUT2D eigenvalue weighted by atomic mass is 10.2. The van der Waals surface area contributed by atoms with E-state index >= 15 is 0 Å². The van der Waals surface area contributed by atoms with Gasteiger partial charge in [-0.15, -0.1) is 11.3 Å². The zero-order valence-corrected chi connectivity index (χ0v) is 13.1. The summed E-state index contributed by atoms with van der Waals surface area (Å²) >= 11 is 6.98. The van der Waals surface area contributed by atoms with Crippen LogP contribution in [-0.2, 0) is 0 Å². The Bertz CT molecular complexity index is 1030. The van der Waals surface area contributed by atoms with Crippen LogP contribution in [0.15, 0.2) is 45.8 Å². The fraction of sp³-hybridized carbons (Fsp3) is 0. The lowest BCUT2D eigenvalue weighted by Crippen LogP contribution is -2.19. The van der Waals surface area contributed by atoms with Crippen molar-refractivity contribution in [3.05, 3.63) is 72.5 Å². The minimum atomic E-state index is -0.327. The number of aromatic amines is 1. The van der Waals surface area contributed by atoms with E-state index in [1.54, 1.807) is 30.3 Å². The molecule has 0 aliphatic rings. The number of H-pyrrole nitrogens is 1. The maximum atomic E-state index is 12.0. The van der Waals surface area contributed by atoms with Crippen LogP contribution in [0.5, 0.6) is 5.75 Å². The standard InChI is InChI=1S/C16H10ClNO4S/c17-10-6-9(3-4-11(10)19)7-14-16(21)18-15(23-14)8-12(20)13-2-1-5-22-13/h1-8,19H,(H,18,21)/b14-7+,15-8-. The highest BCUT2D eigenvalue weighted by atomic mass is 35.5. The van der Waals surface area contributed by atoms with Crippen LogP contribution < -0.4 is 14.8 Å². The molecule has 1 aromatic carbocycles. The van der Waals surface area contributed by atoms with E-state index in [1.807, 2.05) is 0 Å². The first-order valence-electron chi connectivity index (χ1n) is 6.52. The fourth-order valence-electron chi connectivity index (χ4n) is 1.90. The Morgan fingerprint density at radius 3 is 2.87 bits per heavy atom. The molecule has 23 heavy (non-hydrogen) atoms. The molecule has 0 aliphatic heterocycles. The summed E-state index contributed by atoms with van der Waals surface area (Å²) in [5.74, 6) is -0.149. The van der Waals surface area contributed by atoms with Crippen LogP contribution in [0.3, 0.4) is 0 Å². The van der Waals surface area contributed by atoms with Gasteiger partial charge in [0.2, 0.25) is 5.78 Å². The number of hydrogen-bond acceptors (Lipinski definition) is 5. The number of hydrogen-bond donors (Lipinski definition) is 2. The van der Waals surface area contributed by atoms with Gasteiger partial charge in [0.25, 0.3) is 5.56 Å². The molecule has 2 aromatic heterocycles. The number of carbonyl (C=O) groups is 1. The number of furan rings is 1. The van der Waals surface area contributed by atoms with E-state index in [9.17, 15) is 14.7 Å². The molecule has 0 fully saturated rings. The Morgan fingerprint density at radius 1 is 1.35 bits per heavy atom. The van der Waals surface area contributed by atoms with E-state index in [1.165, 1.54) is 18.4 Å². The Morgan fingerprint density at radius 2 is 2.17 bits per heavy atom. The van der Waals surface area contributed by atoms with Gasteiger partial charge in [0.05, 0.1) is 20.5 Å². The Kier molecular flexibility index (Phi) is 4.18. The van der Waals surface area contributed by atoms with Gasteiger partial charge in [-0.2, -0.15) is 0 Å². The van der Waals surface area contributed by atoms with Crippen molar-refractivity contribution in [1.82, 2.24) is 4.98 Å². The van der Waals surface area contributed by atoms with Gasteiger partial charge in [0, 0.05) is 6.08 Å². The average Bonchev–Trinajstić information content (AvgIpc) is 3.14. The van der Waals surface area contributed by atoms with Crippen molar-refractivity contribution < 1.29 is 14.3 Å². The number of benzene rings is 1. The first-order valence-corrected chi connectivity index (χ1v) is 7.71. The van der Waals surface area contributed by atoms with Gasteiger partial charge in [-0.05, 0) is 35.9 Å². The number of rotatable bonds is 3. The van der Waals surface area contributed by atoms with Crippen LogP contribution >= 0.6 is 22.9 Å². The lowest BCUT2D eigenvalue weighted by Gasteiger charge is -1.96. The van der Waals surface area contributed by atoms with Gasteiger partial charge in [0.1, 0.15) is 5.75 Å². The van der Waals surface area contributed by atoms with Gasteiger partial charge in [-0.1, -0.05) is 17.7 Å². The normalized spacial score (nSPS) is 12.7. The van der Waals surface area contributed by atoms with Crippen LogP contribution in [0, 0.1) is 0 Å². The number of nitrogens with one attached hydrogen (secondary N) is 1. The van der Waals surface area contributed by atoms with E-state index in [2.05, 4.69) is 4.98 Å². The third kappa shape index (κ3) is 3.44. The molecule has 116 valence electrons. The maximum absolute atomic E-state index is 12.0. The lowest BCUT2D eigenvalue weighted by molar-refractivity contribution is 0.103. The fourth-order valence-corrected chi connectivity index (χ4v) is 2.97. The minimum absolute atomic E-state index is 0.0260. The second-order valence-corrected chi connectivity index (χ2v) is 6.12. The number of aromatic hydroxyl groups is 1. The van der Waals surface area contributed by atoms with E-state index in [0.29, 0.717) is 14.8 Å². The Hall–Kier alpha value is -2.57. The second kappa shape index (κ2) is 6.28. The molecule has 2 heterocycles. The van der Waals surface area contributed by atoms with E-state index in [-0.39, 0.29) is 27.9 Å². The predicted octanol–water partition coefficient (Wildman–Crippen LogP) is 1.88. The number of aromatic nitrogens is 1. The van der Waals surface area contributed by atoms with Crippen LogP contribution in [0.2, 0.25) is 5.02 Å². The molecule has 5 nitrogen and oxygen atoms in total. The van der Waals surface area contributed by atoms with Crippen molar-refractivity contribution >= 4 is 40.9 Å². The Balaban J connectivity index is 2.01. The van der Waals surface area contributed by atoms with Gasteiger partial charge in [0.15, 0.2) is 5.76 Å². The summed E-state index contributed by atoms with van der Waals surface area (Å²) in [6.07, 6.45) is 4.35. The largest absolute Gasteiger partial charge is 0.506 e. The van der Waals surface area contributed by atoms with Crippen molar-refractivity contribution in [2.75, 3.05) is 0 Å². The zero-order chi connectivity index (χ0) is 16.4. The van der Waals surface area contributed by atoms with Crippen LogP contribution in [0.4, 0.5) is 0 Å². The third-order valence-electron chi connectivity index (χ3n) is 2.98. The number of phenolic OH excluding ortho intramolecular Hbond substituents is 1. The Labute approximate surface area is 138 Å². The van der Waals surface area contributed by atoms with Gasteiger partial charge >= 0.3 is 0 Å². The number of carbonyl (C=O) groups excluding carboxylic acids is 1. The molecule has 2 N–H and O–H groups in total. The smallest absolute Gasteiger partial charge is 0.266 e. The molecular weight excluding hydrogens is 338 g/mol. The summed E-state index contributed by atoms with van der Waals surface area (Å²) in [6, 6.07) is 7.80. The topological polar surface area (TPSA) is 83.3 Å². The highest BCUT2D eigenvalue weighted by Crippen LogP contribution is 2.23. The van der Waals surface area contributed by atoms with Crippen molar-refractivity contribution in [1.29, 1.82) is 0 Å². The van der Waals surface area contributed by atoms with Crippen LogP contribution in [0.1, 0.15) is 16.1 Å². The van der Waals surface area contributed by atoms with Gasteiger partial charge < -0.3 is 14.5 Å². The first kappa shape index (κ1) is 15.3. The van der Waals surface area contributed by atoms with Crippen molar-refractivity contribution in [3.8, 4) is 5.75 Å². The van der Waals surface area contributed by atoms with E-state index < -0.39 is 0 Å². The summed E-state index contributed by atoms with van der Waals surface area (Å²) in [4.78, 5) is 26.5. The van der Waals surface area contributed by atoms with Gasteiger partial charge in [-0.25, -0.2) is 0 Å². The molecule has 0 spiro atoms. The molecule has 0 bridgehead atoms. The van der Waals surface area contributed by atoms with Crippen LogP contribution in [0.25, 0.3) is 12.2 Å². The van der Waals surface area contributed by atoms with Crippen LogP contribution in [-0.4, -0.2) is 15.9 Å². The summed E-state index contributed by atoms with van der Waals surface area (Å²) in [5.41, 5.74) is 0.363. The average molecular weight is 348 g/mol. The summed E-state index contributed by atoms with van der Waals surface area (Å²) < 4.78 is 5.86. The molecule has 0 radical (unpaired) electrons. The number of ketones is 1. The molecular formula is C16H10ClNO4S. The summed E-state index contributed by atoms with van der Waals surface area (Å²) in [6.45, 7) is 0. The molecule has 0 aliphatic carbocycles. The van der Waals surface area contributed by atoms with E-state index in [0.717, 1.165) is 11.3 Å². The predicted molar refractivity (Wildman–Crippen MR) is 88.4 cm³/mol. The molecule has 0 saturated carbocycles. The minimum Gasteiger partial charge on any atom is -0.506 e. The zero-order valence-electron chi connectivity index (χ0n) is 11.6. The highest BCUT2D eigenvalue weighted by Gasteiger charge is 2.05. The molecule has 0 saturated heterocycles. The highest BCUT2D eigenvalue weighted by molar-refractivity contribution is 7.07. The number of Topliss-reactive ketones (excluding diaryl/α,β-unsaturated/α-hetero) is 1. The second-order valence-electron chi connectivity index (χ2n) is 4.63. The van der Waals surface area contributed by atoms with Gasteiger partial charge in [-0.3, -0.25) is 9.59 Å². The molecule has 3 aromatic rings. The van der Waals surface area contributed by atoms with Crippen molar-refractivity contribution in [2.45, 2.75) is 0 Å². The summed E-state index contributed by atoms with van der Waals surface area (Å²) in [5, 5.41) is 9.60. The number of phenols is 1. The molecule has 7 heteroatoms. The SMILES string of the molecule is O=C(/C=c1/[nH]c(=O)/c(=C\c2ccc(O)c(Cl)c2)s1)c1ccco1. The monoisotopic (exact) mass is 347 g/mol.